The van der Waals surface area contributed by atoms with Gasteiger partial charge in [0.25, 0.3) is 5.91 Å². The molecular weight excluding hydrogens is 322 g/mol. The Bertz CT molecular complexity index is 692. The molecule has 1 aliphatic rings. The van der Waals surface area contributed by atoms with E-state index in [-0.39, 0.29) is 12.0 Å². The van der Waals surface area contributed by atoms with Gasteiger partial charge in [0, 0.05) is 18.7 Å². The van der Waals surface area contributed by atoms with Gasteiger partial charge < -0.3 is 9.64 Å². The predicted molar refractivity (Wildman–Crippen MR) is 106 cm³/mol. The van der Waals surface area contributed by atoms with Crippen LogP contribution in [0.1, 0.15) is 67.5 Å². The van der Waals surface area contributed by atoms with E-state index in [9.17, 15) is 4.79 Å². The van der Waals surface area contributed by atoms with Crippen LogP contribution in [0.3, 0.4) is 0 Å². The molecule has 1 heterocycles. The lowest BCUT2D eigenvalue weighted by Gasteiger charge is -2.27. The third kappa shape index (κ3) is 4.87. The van der Waals surface area contributed by atoms with Crippen molar-refractivity contribution in [3.05, 3.63) is 65.7 Å². The number of carbonyl (C=O) groups is 1. The fourth-order valence-electron chi connectivity index (χ4n) is 3.50. The summed E-state index contributed by atoms with van der Waals surface area (Å²) in [6, 6.07) is 18.0. The molecule has 2 aromatic carbocycles. The number of unbranched alkanes of at least 4 members (excludes halogenated alkanes) is 1. The molecule has 0 aliphatic carbocycles. The van der Waals surface area contributed by atoms with Crippen molar-refractivity contribution in [3.8, 4) is 5.75 Å². The van der Waals surface area contributed by atoms with Gasteiger partial charge in [-0.3, -0.25) is 4.79 Å². The van der Waals surface area contributed by atoms with Gasteiger partial charge in [-0.2, -0.15) is 0 Å². The quantitative estimate of drug-likeness (QED) is 0.647. The van der Waals surface area contributed by atoms with Gasteiger partial charge >= 0.3 is 0 Å². The van der Waals surface area contributed by atoms with Gasteiger partial charge in [0.1, 0.15) is 11.9 Å². The molecule has 26 heavy (non-hydrogen) atoms. The summed E-state index contributed by atoms with van der Waals surface area (Å²) in [5, 5.41) is 0. The molecule has 138 valence electrons. The van der Waals surface area contributed by atoms with Gasteiger partial charge in [-0.15, -0.1) is 0 Å². The summed E-state index contributed by atoms with van der Waals surface area (Å²) in [5.74, 6) is 0.901. The highest BCUT2D eigenvalue weighted by Crippen LogP contribution is 2.27. The molecule has 1 unspecified atom stereocenters. The standard InChI is InChI=1S/C23H29NO2/c1-2-3-15-22(19-11-6-4-7-12-19)26-21-14-10-13-20(18-21)23(25)24-16-8-5-9-17-24/h4,6-7,10-14,18,22H,2-3,5,8-9,15-17H2,1H3. The molecule has 1 amide bonds. The number of nitrogens with zero attached hydrogens (tertiary/aromatic N) is 1. The summed E-state index contributed by atoms with van der Waals surface area (Å²) >= 11 is 0. The lowest BCUT2D eigenvalue weighted by atomic mass is 10.0. The Morgan fingerprint density at radius 3 is 2.54 bits per heavy atom. The molecule has 1 atom stereocenters. The molecule has 0 aromatic heterocycles. The minimum atomic E-state index is 0.0245. The molecule has 0 bridgehead atoms. The van der Waals surface area contributed by atoms with Crippen molar-refractivity contribution in [2.75, 3.05) is 13.1 Å². The molecule has 0 saturated carbocycles. The van der Waals surface area contributed by atoms with Crippen LogP contribution in [0.2, 0.25) is 0 Å². The minimum Gasteiger partial charge on any atom is -0.486 e. The van der Waals surface area contributed by atoms with E-state index >= 15 is 0 Å². The van der Waals surface area contributed by atoms with Crippen molar-refractivity contribution >= 4 is 5.91 Å². The Kier molecular flexibility index (Phi) is 6.70. The summed E-state index contributed by atoms with van der Waals surface area (Å²) in [6.45, 7) is 3.93. The summed E-state index contributed by atoms with van der Waals surface area (Å²) in [7, 11) is 0. The number of likely N-dealkylation sites (tertiary alicyclic amines) is 1. The molecule has 0 N–H and O–H groups in total. The fraction of sp³-hybridized carbons (Fsp3) is 0.435. The normalized spacial score (nSPS) is 15.5. The van der Waals surface area contributed by atoms with Crippen molar-refractivity contribution in [3.63, 3.8) is 0 Å². The van der Waals surface area contributed by atoms with Crippen LogP contribution in [0.15, 0.2) is 54.6 Å². The van der Waals surface area contributed by atoms with Crippen molar-refractivity contribution < 1.29 is 9.53 Å². The third-order valence-electron chi connectivity index (χ3n) is 4.99. The van der Waals surface area contributed by atoms with Gasteiger partial charge in [0.2, 0.25) is 0 Å². The number of carbonyl (C=O) groups excluding carboxylic acids is 1. The van der Waals surface area contributed by atoms with Gasteiger partial charge in [0.05, 0.1) is 0 Å². The Morgan fingerprint density at radius 2 is 1.81 bits per heavy atom. The van der Waals surface area contributed by atoms with Gasteiger partial charge in [-0.1, -0.05) is 49.7 Å². The van der Waals surface area contributed by atoms with Crippen LogP contribution in [-0.4, -0.2) is 23.9 Å². The third-order valence-corrected chi connectivity index (χ3v) is 4.99. The molecular formula is C23H29NO2. The lowest BCUT2D eigenvalue weighted by Crippen LogP contribution is -2.35. The van der Waals surface area contributed by atoms with Crippen LogP contribution in [0, 0.1) is 0 Å². The zero-order valence-corrected chi connectivity index (χ0v) is 15.7. The Labute approximate surface area is 157 Å². The van der Waals surface area contributed by atoms with Crippen LogP contribution < -0.4 is 4.74 Å². The second-order valence-electron chi connectivity index (χ2n) is 7.04. The van der Waals surface area contributed by atoms with Crippen molar-refractivity contribution in [2.24, 2.45) is 0 Å². The summed E-state index contributed by atoms with van der Waals surface area (Å²) in [4.78, 5) is 14.7. The predicted octanol–water partition coefficient (Wildman–Crippen LogP) is 5.62. The number of amides is 1. The number of ether oxygens (including phenoxy) is 1. The average Bonchev–Trinajstić information content (AvgIpc) is 2.72. The first-order chi connectivity index (χ1) is 12.8. The second-order valence-corrected chi connectivity index (χ2v) is 7.04. The molecule has 1 saturated heterocycles. The van der Waals surface area contributed by atoms with Crippen LogP contribution in [-0.2, 0) is 0 Å². The molecule has 0 spiro atoms. The molecule has 1 aliphatic heterocycles. The zero-order valence-electron chi connectivity index (χ0n) is 15.7. The molecule has 1 fully saturated rings. The maximum atomic E-state index is 12.8. The Hall–Kier alpha value is -2.29. The van der Waals surface area contributed by atoms with E-state index < -0.39 is 0 Å². The maximum Gasteiger partial charge on any atom is 0.253 e. The molecule has 0 radical (unpaired) electrons. The first-order valence-corrected chi connectivity index (χ1v) is 9.89. The van der Waals surface area contributed by atoms with Crippen molar-refractivity contribution in [2.45, 2.75) is 51.6 Å². The first-order valence-electron chi connectivity index (χ1n) is 9.89. The zero-order chi connectivity index (χ0) is 18.2. The summed E-state index contributed by atoms with van der Waals surface area (Å²) in [6.07, 6.45) is 6.70. The van der Waals surface area contributed by atoms with Crippen LogP contribution in [0.4, 0.5) is 0 Å². The Morgan fingerprint density at radius 1 is 1.04 bits per heavy atom. The average molecular weight is 351 g/mol. The SMILES string of the molecule is CCCCC(Oc1cccc(C(=O)N2CCCCC2)c1)c1ccccc1. The molecule has 3 heteroatoms. The van der Waals surface area contributed by atoms with Gasteiger partial charge in [0.15, 0.2) is 0 Å². The first kappa shape index (κ1) is 18.5. The highest BCUT2D eigenvalue weighted by atomic mass is 16.5. The summed E-state index contributed by atoms with van der Waals surface area (Å²) in [5.41, 5.74) is 1.92. The monoisotopic (exact) mass is 351 g/mol. The number of hydrogen-bond donors (Lipinski definition) is 0. The van der Waals surface area contributed by atoms with E-state index in [0.717, 1.165) is 56.5 Å². The molecule has 2 aromatic rings. The minimum absolute atomic E-state index is 0.0245. The maximum absolute atomic E-state index is 12.8. The number of hydrogen-bond acceptors (Lipinski definition) is 2. The number of benzene rings is 2. The number of piperidine rings is 1. The lowest BCUT2D eigenvalue weighted by molar-refractivity contribution is 0.0723. The molecule has 3 nitrogen and oxygen atoms in total. The topological polar surface area (TPSA) is 29.5 Å². The second kappa shape index (κ2) is 9.42. The van der Waals surface area contributed by atoms with Crippen LogP contribution in [0.5, 0.6) is 5.75 Å². The smallest absolute Gasteiger partial charge is 0.253 e. The largest absolute Gasteiger partial charge is 0.486 e. The number of rotatable bonds is 7. The van der Waals surface area contributed by atoms with E-state index in [4.69, 9.17) is 4.74 Å². The van der Waals surface area contributed by atoms with Crippen LogP contribution in [0.25, 0.3) is 0 Å². The summed E-state index contributed by atoms with van der Waals surface area (Å²) < 4.78 is 6.31. The van der Waals surface area contributed by atoms with Gasteiger partial charge in [-0.05, 0) is 55.9 Å². The fourth-order valence-corrected chi connectivity index (χ4v) is 3.50. The van der Waals surface area contributed by atoms with E-state index in [0.29, 0.717) is 0 Å². The van der Waals surface area contributed by atoms with Gasteiger partial charge in [-0.25, -0.2) is 0 Å². The van der Waals surface area contributed by atoms with Crippen molar-refractivity contribution in [1.29, 1.82) is 0 Å². The van der Waals surface area contributed by atoms with E-state index in [2.05, 4.69) is 19.1 Å². The van der Waals surface area contributed by atoms with E-state index in [1.54, 1.807) is 0 Å². The van der Waals surface area contributed by atoms with E-state index in [1.807, 2.05) is 47.4 Å². The highest BCUT2D eigenvalue weighted by Gasteiger charge is 2.19. The van der Waals surface area contributed by atoms with E-state index in [1.165, 1.54) is 12.0 Å². The van der Waals surface area contributed by atoms with Crippen molar-refractivity contribution in [1.82, 2.24) is 4.90 Å². The van der Waals surface area contributed by atoms with Crippen LogP contribution >= 0.6 is 0 Å². The Balaban J connectivity index is 1.74. The molecule has 3 rings (SSSR count). The highest BCUT2D eigenvalue weighted by molar-refractivity contribution is 5.94.